The normalized spacial score (nSPS) is 25.5. The van der Waals surface area contributed by atoms with E-state index in [4.69, 9.17) is 25.3 Å². The molecule has 8 heteroatoms. The van der Waals surface area contributed by atoms with Crippen molar-refractivity contribution in [1.29, 1.82) is 0 Å². The molecule has 1 aromatic rings. The van der Waals surface area contributed by atoms with Crippen LogP contribution < -0.4 is 21.0 Å². The first kappa shape index (κ1) is 29.7. The van der Waals surface area contributed by atoms with E-state index in [1.165, 1.54) is 0 Å². The third kappa shape index (κ3) is 7.29. The van der Waals surface area contributed by atoms with Crippen molar-refractivity contribution in [3.05, 3.63) is 58.8 Å². The first-order valence-corrected chi connectivity index (χ1v) is 14.6. The minimum Gasteiger partial charge on any atom is -0.488 e. The lowest BCUT2D eigenvalue weighted by Gasteiger charge is -2.24. The Morgan fingerprint density at radius 1 is 1.23 bits per heavy atom. The van der Waals surface area contributed by atoms with Crippen LogP contribution in [0.4, 0.5) is 0 Å². The van der Waals surface area contributed by atoms with Crippen molar-refractivity contribution < 1.29 is 24.2 Å². The van der Waals surface area contributed by atoms with Gasteiger partial charge in [-0.15, -0.1) is 0 Å². The maximum Gasteiger partial charge on any atom is 0.240 e. The van der Waals surface area contributed by atoms with Crippen LogP contribution in [0.2, 0.25) is 0 Å². The van der Waals surface area contributed by atoms with Crippen molar-refractivity contribution in [2.75, 3.05) is 20.3 Å². The first-order valence-electron chi connectivity index (χ1n) is 14.6. The molecule has 0 spiro atoms. The summed E-state index contributed by atoms with van der Waals surface area (Å²) in [5, 5.41) is 10.8. The number of aliphatic hydroxyl groups excluding tert-OH is 1. The van der Waals surface area contributed by atoms with Gasteiger partial charge in [-0.05, 0) is 31.8 Å². The molecular formula is C32H43N3O5. The summed E-state index contributed by atoms with van der Waals surface area (Å²) in [6.07, 6.45) is 22.0. The summed E-state index contributed by atoms with van der Waals surface area (Å²) in [4.78, 5) is 31.9. The number of amides is 2. The Bertz CT molecular complexity index is 1250. The van der Waals surface area contributed by atoms with Gasteiger partial charge in [-0.2, -0.15) is 0 Å². The van der Waals surface area contributed by atoms with E-state index in [0.29, 0.717) is 31.6 Å². The van der Waals surface area contributed by atoms with E-state index in [0.717, 1.165) is 48.4 Å². The van der Waals surface area contributed by atoms with Crippen molar-refractivity contribution in [3.8, 4) is 5.75 Å². The number of hydrogen-bond acceptors (Lipinski definition) is 6. The highest BCUT2D eigenvalue weighted by atomic mass is 16.5. The molecule has 1 fully saturated rings. The lowest BCUT2D eigenvalue weighted by atomic mass is 9.92. The fraction of sp³-hybridized carbons (Fsp3) is 0.531. The van der Waals surface area contributed by atoms with Gasteiger partial charge in [-0.3, -0.25) is 14.6 Å². The number of ether oxygens (including phenoxy) is 2. The summed E-state index contributed by atoms with van der Waals surface area (Å²) in [6.45, 7) is 2.58. The third-order valence-electron chi connectivity index (χ3n) is 7.85. The van der Waals surface area contributed by atoms with Gasteiger partial charge >= 0.3 is 0 Å². The van der Waals surface area contributed by atoms with E-state index < -0.39 is 11.9 Å². The van der Waals surface area contributed by atoms with Crippen LogP contribution in [0.5, 0.6) is 5.75 Å². The highest BCUT2D eigenvalue weighted by molar-refractivity contribution is 5.87. The van der Waals surface area contributed by atoms with Crippen LogP contribution in [-0.2, 0) is 14.3 Å². The molecule has 5 atom stereocenters. The number of fused-ring (bicyclic) bond motifs is 1. The Balaban J connectivity index is 1.67. The number of hydrogen-bond donors (Lipinski definition) is 2. The second-order valence-corrected chi connectivity index (χ2v) is 10.8. The average Bonchev–Trinajstić information content (AvgIpc) is 3.40. The molecule has 2 aliphatic carbocycles. The molecule has 216 valence electrons. The van der Waals surface area contributed by atoms with Crippen molar-refractivity contribution in [3.63, 3.8) is 0 Å². The molecule has 3 N–H and O–H groups in total. The molecule has 1 aliphatic heterocycles. The van der Waals surface area contributed by atoms with Gasteiger partial charge in [-0.1, -0.05) is 62.3 Å². The molecule has 0 aromatic carbocycles. The van der Waals surface area contributed by atoms with Crippen LogP contribution in [0.3, 0.4) is 0 Å². The van der Waals surface area contributed by atoms with Crippen LogP contribution in [-0.4, -0.2) is 65.3 Å². The monoisotopic (exact) mass is 549 g/mol. The SMILES string of the molecule is CCCCCC(=O)N1CC(Oc2cc(C3C=CC=CC3)nc3c2=CC(C=CCCCO)C(OC)C=3)C[C@H]1C(N)=O. The van der Waals surface area contributed by atoms with E-state index in [-0.39, 0.29) is 36.6 Å². The second-order valence-electron chi connectivity index (χ2n) is 10.8. The van der Waals surface area contributed by atoms with E-state index in [2.05, 4.69) is 37.3 Å². The summed E-state index contributed by atoms with van der Waals surface area (Å²) in [7, 11) is 1.69. The van der Waals surface area contributed by atoms with E-state index >= 15 is 0 Å². The van der Waals surface area contributed by atoms with Crippen molar-refractivity contribution in [2.45, 2.75) is 82.5 Å². The molecule has 2 heterocycles. The number of likely N-dealkylation sites (tertiary alicyclic amines) is 1. The first-order chi connectivity index (χ1) is 19.4. The van der Waals surface area contributed by atoms with Crippen LogP contribution in [0.1, 0.15) is 69.9 Å². The van der Waals surface area contributed by atoms with Gasteiger partial charge in [0.1, 0.15) is 17.9 Å². The number of nitrogens with two attached hydrogens (primary N) is 1. The van der Waals surface area contributed by atoms with Crippen molar-refractivity contribution >= 4 is 24.0 Å². The number of unbranched alkanes of at least 4 members (excludes halogenated alkanes) is 3. The van der Waals surface area contributed by atoms with E-state index in [1.807, 2.05) is 24.3 Å². The van der Waals surface area contributed by atoms with Crippen molar-refractivity contribution in [1.82, 2.24) is 9.88 Å². The summed E-state index contributed by atoms with van der Waals surface area (Å²) in [5.41, 5.74) is 6.63. The number of aliphatic hydroxyl groups is 1. The zero-order chi connectivity index (χ0) is 28.5. The summed E-state index contributed by atoms with van der Waals surface area (Å²) in [6, 6.07) is 1.33. The molecule has 1 saturated heterocycles. The average molecular weight is 550 g/mol. The fourth-order valence-electron chi connectivity index (χ4n) is 5.64. The zero-order valence-corrected chi connectivity index (χ0v) is 23.7. The zero-order valence-electron chi connectivity index (χ0n) is 23.7. The number of rotatable bonds is 13. The van der Waals surface area contributed by atoms with Crippen LogP contribution in [0, 0.1) is 5.92 Å². The Labute approximate surface area is 236 Å². The Kier molecular flexibility index (Phi) is 10.7. The summed E-state index contributed by atoms with van der Waals surface area (Å²) in [5.74, 6) is 0.248. The minimum absolute atomic E-state index is 0.0257. The van der Waals surface area contributed by atoms with Gasteiger partial charge in [0.05, 0.1) is 23.7 Å². The molecule has 4 rings (SSSR count). The highest BCUT2D eigenvalue weighted by Gasteiger charge is 2.39. The largest absolute Gasteiger partial charge is 0.488 e. The summed E-state index contributed by atoms with van der Waals surface area (Å²) >= 11 is 0. The second kappa shape index (κ2) is 14.4. The molecule has 4 unspecified atom stereocenters. The third-order valence-corrected chi connectivity index (χ3v) is 7.85. The Morgan fingerprint density at radius 2 is 2.08 bits per heavy atom. The van der Waals surface area contributed by atoms with E-state index in [9.17, 15) is 9.59 Å². The van der Waals surface area contributed by atoms with E-state index in [1.54, 1.807) is 12.0 Å². The number of nitrogens with zero attached hydrogens (tertiary/aromatic N) is 2. The van der Waals surface area contributed by atoms with Gasteiger partial charge in [0.25, 0.3) is 0 Å². The number of carbonyl (C=O) groups is 2. The van der Waals surface area contributed by atoms with Crippen LogP contribution >= 0.6 is 0 Å². The van der Waals surface area contributed by atoms with Gasteiger partial charge < -0.3 is 25.2 Å². The van der Waals surface area contributed by atoms with Gasteiger partial charge in [-0.25, -0.2) is 0 Å². The molecule has 8 nitrogen and oxygen atoms in total. The molecule has 1 aromatic heterocycles. The predicted molar refractivity (Wildman–Crippen MR) is 156 cm³/mol. The smallest absolute Gasteiger partial charge is 0.240 e. The Morgan fingerprint density at radius 3 is 2.77 bits per heavy atom. The van der Waals surface area contributed by atoms with Gasteiger partial charge in [0.2, 0.25) is 11.8 Å². The number of pyridine rings is 1. The topological polar surface area (TPSA) is 115 Å². The lowest BCUT2D eigenvalue weighted by molar-refractivity contribution is -0.137. The number of carbonyl (C=O) groups excluding carboxylic acids is 2. The number of methoxy groups -OCH3 is 1. The maximum atomic E-state index is 13.0. The number of primary amides is 1. The number of aromatic nitrogens is 1. The summed E-state index contributed by atoms with van der Waals surface area (Å²) < 4.78 is 12.4. The molecule has 2 amide bonds. The molecule has 0 saturated carbocycles. The quantitative estimate of drug-likeness (QED) is 0.289. The van der Waals surface area contributed by atoms with Crippen LogP contribution in [0.25, 0.3) is 12.2 Å². The highest BCUT2D eigenvalue weighted by Crippen LogP contribution is 2.28. The Hall–Kier alpha value is -3.23. The van der Waals surface area contributed by atoms with Crippen molar-refractivity contribution in [2.24, 2.45) is 11.7 Å². The predicted octanol–water partition coefficient (Wildman–Crippen LogP) is 2.63. The van der Waals surface area contributed by atoms with Gasteiger partial charge in [0.15, 0.2) is 0 Å². The number of allylic oxidation sites excluding steroid dienone is 5. The molecule has 40 heavy (non-hydrogen) atoms. The lowest BCUT2D eigenvalue weighted by Crippen LogP contribution is -2.43. The molecule has 0 radical (unpaired) electrons. The van der Waals surface area contributed by atoms with Gasteiger partial charge in [0, 0.05) is 49.7 Å². The maximum absolute atomic E-state index is 13.0. The standard InChI is InChI=1S/C32H43N3O5/c1-3-4-7-15-31(37)35-21-24(18-28(35)32(33)38)40-30-19-26(22-12-8-5-9-13-22)34-27-20-29(39-2)23(17-25(27)30)14-10-6-11-16-36/h5,8-10,12,14,17,19-20,22-24,28-29,36H,3-4,6-7,11,13,15-16,18,21H2,1-2H3,(H2,33,38)/t22?,23?,24?,28-,29?/m0/s1. The fourth-order valence-corrected chi connectivity index (χ4v) is 5.64. The molecular weight excluding hydrogens is 506 g/mol. The van der Waals surface area contributed by atoms with Crippen LogP contribution in [0.15, 0.2) is 42.5 Å². The minimum atomic E-state index is -0.668. The molecule has 3 aliphatic rings. The molecule has 0 bridgehead atoms.